The van der Waals surface area contributed by atoms with E-state index in [1.807, 2.05) is 6.20 Å². The molecule has 0 bridgehead atoms. The third-order valence-corrected chi connectivity index (χ3v) is 4.04. The number of aryl methyl sites for hydroxylation is 1. The van der Waals surface area contributed by atoms with Gasteiger partial charge in [0.15, 0.2) is 4.77 Å². The first-order valence-corrected chi connectivity index (χ1v) is 6.27. The third-order valence-electron chi connectivity index (χ3n) is 3.72. The molecule has 2 rings (SSSR count). The average Bonchev–Trinajstić information content (AvgIpc) is 2.48. The van der Waals surface area contributed by atoms with Crippen molar-refractivity contribution < 1.29 is 0 Å². The van der Waals surface area contributed by atoms with Gasteiger partial charge in [-0.1, -0.05) is 13.8 Å². The molecule has 1 aromatic heterocycles. The number of nitrogens with zero attached hydrogens (tertiary/aromatic N) is 1. The molecule has 0 radical (unpaired) electrons. The molecule has 1 saturated carbocycles. The van der Waals surface area contributed by atoms with Crippen LogP contribution in [0.25, 0.3) is 0 Å². The minimum absolute atomic E-state index is 0.611. The van der Waals surface area contributed by atoms with Gasteiger partial charge >= 0.3 is 0 Å². The van der Waals surface area contributed by atoms with Crippen LogP contribution in [-0.2, 0) is 0 Å². The minimum Gasteiger partial charge on any atom is -0.337 e. The fourth-order valence-corrected chi connectivity index (χ4v) is 3.25. The summed E-state index contributed by atoms with van der Waals surface area (Å²) in [6, 6.07) is 0.611. The summed E-state index contributed by atoms with van der Waals surface area (Å²) in [6.45, 7) is 6.85. The molecule has 1 N–H and O–H groups in total. The molecule has 0 aromatic carbocycles. The lowest BCUT2D eigenvalue weighted by atomic mass is 9.79. The van der Waals surface area contributed by atoms with Crippen LogP contribution in [0.1, 0.15) is 44.8 Å². The summed E-state index contributed by atoms with van der Waals surface area (Å²) in [7, 11) is 0. The molecule has 15 heavy (non-hydrogen) atoms. The van der Waals surface area contributed by atoms with Crippen LogP contribution in [0.3, 0.4) is 0 Å². The molecule has 1 fully saturated rings. The lowest BCUT2D eigenvalue weighted by Crippen LogP contribution is -2.25. The molecule has 1 aliphatic carbocycles. The van der Waals surface area contributed by atoms with Gasteiger partial charge in [-0.3, -0.25) is 0 Å². The summed E-state index contributed by atoms with van der Waals surface area (Å²) in [5.41, 5.74) is 1.27. The highest BCUT2D eigenvalue weighted by Crippen LogP contribution is 2.37. The molecule has 3 atom stereocenters. The smallest absolute Gasteiger partial charge is 0.177 e. The van der Waals surface area contributed by atoms with E-state index in [0.29, 0.717) is 6.04 Å². The number of nitrogens with one attached hydrogen (secondary N) is 1. The number of hydrogen-bond acceptors (Lipinski definition) is 1. The molecule has 3 unspecified atom stereocenters. The van der Waals surface area contributed by atoms with Crippen LogP contribution in [-0.4, -0.2) is 9.55 Å². The van der Waals surface area contributed by atoms with Crippen molar-refractivity contribution in [3.63, 3.8) is 0 Å². The maximum absolute atomic E-state index is 5.34. The number of aromatic nitrogens is 2. The van der Waals surface area contributed by atoms with Crippen LogP contribution in [0.15, 0.2) is 6.20 Å². The fourth-order valence-electron chi connectivity index (χ4n) is 2.91. The summed E-state index contributed by atoms with van der Waals surface area (Å²) in [5, 5.41) is 0. The van der Waals surface area contributed by atoms with E-state index in [0.717, 1.165) is 16.6 Å². The Balaban J connectivity index is 2.28. The van der Waals surface area contributed by atoms with Gasteiger partial charge in [-0.2, -0.15) is 0 Å². The van der Waals surface area contributed by atoms with Crippen LogP contribution in [0, 0.1) is 23.5 Å². The zero-order chi connectivity index (χ0) is 11.0. The number of imidazole rings is 1. The van der Waals surface area contributed by atoms with Crippen molar-refractivity contribution in [3.05, 3.63) is 16.7 Å². The standard InChI is InChI=1S/C12H20N2S/c1-8-4-5-11(9(2)6-8)14-10(3)7-13-12(14)15/h7-9,11H,4-6H2,1-3H3,(H,13,15). The second kappa shape index (κ2) is 4.12. The van der Waals surface area contributed by atoms with E-state index in [1.54, 1.807) is 0 Å². The maximum Gasteiger partial charge on any atom is 0.177 e. The molecule has 0 spiro atoms. The highest BCUT2D eigenvalue weighted by atomic mass is 32.1. The lowest BCUT2D eigenvalue weighted by molar-refractivity contribution is 0.204. The Morgan fingerprint density at radius 2 is 2.13 bits per heavy atom. The van der Waals surface area contributed by atoms with E-state index in [1.165, 1.54) is 25.0 Å². The Kier molecular flexibility index (Phi) is 3.01. The predicted molar refractivity (Wildman–Crippen MR) is 65.6 cm³/mol. The van der Waals surface area contributed by atoms with Gasteiger partial charge in [-0.25, -0.2) is 0 Å². The van der Waals surface area contributed by atoms with E-state index < -0.39 is 0 Å². The number of rotatable bonds is 1. The van der Waals surface area contributed by atoms with Crippen LogP contribution < -0.4 is 0 Å². The molecule has 1 heterocycles. The Morgan fingerprint density at radius 3 is 2.67 bits per heavy atom. The highest BCUT2D eigenvalue weighted by molar-refractivity contribution is 7.71. The van der Waals surface area contributed by atoms with Gasteiger partial charge in [0, 0.05) is 17.9 Å². The van der Waals surface area contributed by atoms with Crippen molar-refractivity contribution in [2.75, 3.05) is 0 Å². The van der Waals surface area contributed by atoms with Crippen molar-refractivity contribution in [1.29, 1.82) is 0 Å². The summed E-state index contributed by atoms with van der Waals surface area (Å²) in [5.74, 6) is 1.62. The van der Waals surface area contributed by atoms with E-state index in [2.05, 4.69) is 30.3 Å². The van der Waals surface area contributed by atoms with Crippen molar-refractivity contribution in [2.24, 2.45) is 11.8 Å². The number of H-pyrrole nitrogens is 1. The Bertz CT molecular complexity index is 391. The van der Waals surface area contributed by atoms with Crippen molar-refractivity contribution in [2.45, 2.75) is 46.1 Å². The zero-order valence-corrected chi connectivity index (χ0v) is 10.6. The molecule has 1 aliphatic rings. The lowest BCUT2D eigenvalue weighted by Gasteiger charge is -2.34. The molecule has 3 heteroatoms. The van der Waals surface area contributed by atoms with Crippen LogP contribution >= 0.6 is 12.2 Å². The monoisotopic (exact) mass is 224 g/mol. The van der Waals surface area contributed by atoms with Gasteiger partial charge in [-0.15, -0.1) is 0 Å². The largest absolute Gasteiger partial charge is 0.337 e. The molecule has 0 saturated heterocycles. The number of aromatic amines is 1. The van der Waals surface area contributed by atoms with Gasteiger partial charge < -0.3 is 9.55 Å². The summed E-state index contributed by atoms with van der Waals surface area (Å²) >= 11 is 5.34. The van der Waals surface area contributed by atoms with Crippen molar-refractivity contribution in [1.82, 2.24) is 9.55 Å². The molecular formula is C12H20N2S. The molecule has 0 amide bonds. The van der Waals surface area contributed by atoms with Gasteiger partial charge in [0.1, 0.15) is 0 Å². The van der Waals surface area contributed by atoms with Crippen LogP contribution in [0.5, 0.6) is 0 Å². The average molecular weight is 224 g/mol. The first-order chi connectivity index (χ1) is 7.09. The zero-order valence-electron chi connectivity index (χ0n) is 9.79. The summed E-state index contributed by atoms with van der Waals surface area (Å²) in [6.07, 6.45) is 5.96. The Morgan fingerprint density at radius 1 is 1.40 bits per heavy atom. The minimum atomic E-state index is 0.611. The van der Waals surface area contributed by atoms with Gasteiger partial charge in [0.05, 0.1) is 0 Å². The normalized spacial score (nSPS) is 31.8. The quantitative estimate of drug-likeness (QED) is 0.719. The Hall–Kier alpha value is -0.570. The van der Waals surface area contributed by atoms with E-state index in [9.17, 15) is 0 Å². The van der Waals surface area contributed by atoms with Gasteiger partial charge in [-0.05, 0) is 50.2 Å². The SMILES string of the molecule is Cc1c[nH]c(=S)n1C1CCC(C)CC1C. The third kappa shape index (κ3) is 2.03. The molecule has 2 nitrogen and oxygen atoms in total. The Labute approximate surface area is 96.7 Å². The molecule has 1 aromatic rings. The molecular weight excluding hydrogens is 204 g/mol. The second-order valence-electron chi connectivity index (χ2n) is 5.07. The van der Waals surface area contributed by atoms with E-state index in [-0.39, 0.29) is 0 Å². The topological polar surface area (TPSA) is 20.7 Å². The van der Waals surface area contributed by atoms with Gasteiger partial charge in [0.2, 0.25) is 0 Å². The second-order valence-corrected chi connectivity index (χ2v) is 5.45. The summed E-state index contributed by atoms with van der Waals surface area (Å²) in [4.78, 5) is 3.14. The first kappa shape index (κ1) is 10.9. The molecule has 0 aliphatic heterocycles. The highest BCUT2D eigenvalue weighted by Gasteiger charge is 2.27. The van der Waals surface area contributed by atoms with E-state index in [4.69, 9.17) is 12.2 Å². The fraction of sp³-hybridized carbons (Fsp3) is 0.750. The maximum atomic E-state index is 5.34. The van der Waals surface area contributed by atoms with Crippen molar-refractivity contribution >= 4 is 12.2 Å². The first-order valence-electron chi connectivity index (χ1n) is 5.86. The number of hydrogen-bond donors (Lipinski definition) is 1. The van der Waals surface area contributed by atoms with Crippen LogP contribution in [0.2, 0.25) is 0 Å². The summed E-state index contributed by atoms with van der Waals surface area (Å²) < 4.78 is 3.20. The van der Waals surface area contributed by atoms with Gasteiger partial charge in [0.25, 0.3) is 0 Å². The van der Waals surface area contributed by atoms with Crippen molar-refractivity contribution in [3.8, 4) is 0 Å². The predicted octanol–water partition coefficient (Wildman–Crippen LogP) is 3.85. The van der Waals surface area contributed by atoms with E-state index >= 15 is 0 Å². The van der Waals surface area contributed by atoms with Crippen LogP contribution in [0.4, 0.5) is 0 Å². The molecule has 84 valence electrons.